The summed E-state index contributed by atoms with van der Waals surface area (Å²) in [6.45, 7) is 5.52. The number of ether oxygens (including phenoxy) is 1. The van der Waals surface area contributed by atoms with Crippen LogP contribution >= 0.6 is 15.9 Å². The average molecular weight is 447 g/mol. The van der Waals surface area contributed by atoms with Crippen molar-refractivity contribution in [3.63, 3.8) is 0 Å². The molecule has 0 saturated carbocycles. The largest absolute Gasteiger partial charge is 0.481 e. The number of fused-ring (bicyclic) bond motifs is 1. The van der Waals surface area contributed by atoms with Crippen molar-refractivity contribution in [2.75, 3.05) is 0 Å². The molecule has 0 fully saturated rings. The molecule has 3 rings (SSSR count). The monoisotopic (exact) mass is 446 g/mol. The van der Waals surface area contributed by atoms with Gasteiger partial charge in [-0.1, -0.05) is 41.0 Å². The van der Waals surface area contributed by atoms with Crippen LogP contribution in [0.15, 0.2) is 45.5 Å². The van der Waals surface area contributed by atoms with Crippen molar-refractivity contribution in [3.8, 4) is 5.75 Å². The number of nitrogens with zero attached hydrogens (tertiary/aromatic N) is 2. The van der Waals surface area contributed by atoms with Gasteiger partial charge in [0.15, 0.2) is 6.10 Å². The van der Waals surface area contributed by atoms with E-state index in [-0.39, 0.29) is 11.5 Å². The number of hydrogen-bond acceptors (Lipinski definition) is 6. The van der Waals surface area contributed by atoms with Crippen LogP contribution in [-0.4, -0.2) is 28.1 Å². The highest BCUT2D eigenvalue weighted by molar-refractivity contribution is 9.10. The van der Waals surface area contributed by atoms with Gasteiger partial charge in [0.1, 0.15) is 5.75 Å². The lowest BCUT2D eigenvalue weighted by Crippen LogP contribution is -2.47. The van der Waals surface area contributed by atoms with Crippen LogP contribution in [0.3, 0.4) is 0 Å². The van der Waals surface area contributed by atoms with Gasteiger partial charge in [-0.2, -0.15) is 0 Å². The van der Waals surface area contributed by atoms with Gasteiger partial charge in [-0.25, -0.2) is 4.98 Å². The minimum absolute atomic E-state index is 0.122. The molecule has 146 valence electrons. The first-order valence-electron chi connectivity index (χ1n) is 8.63. The molecule has 3 aromatic rings. The van der Waals surface area contributed by atoms with Gasteiger partial charge in [0.2, 0.25) is 0 Å². The van der Waals surface area contributed by atoms with E-state index in [0.717, 1.165) is 10.2 Å². The number of carbonyl (C=O) groups is 2. The molecule has 2 N–H and O–H groups in total. The van der Waals surface area contributed by atoms with E-state index in [1.165, 1.54) is 6.20 Å². The fraction of sp³-hybridized carbons (Fsp3) is 0.263. The van der Waals surface area contributed by atoms with Crippen molar-refractivity contribution in [2.24, 2.45) is 0 Å². The van der Waals surface area contributed by atoms with Gasteiger partial charge in [0.05, 0.1) is 16.6 Å². The molecule has 2 amide bonds. The lowest BCUT2D eigenvalue weighted by molar-refractivity contribution is -0.128. The van der Waals surface area contributed by atoms with Crippen LogP contribution in [-0.2, 0) is 4.79 Å². The van der Waals surface area contributed by atoms with Gasteiger partial charge in [0, 0.05) is 10.7 Å². The molecule has 0 aliphatic heterocycles. The van der Waals surface area contributed by atoms with Gasteiger partial charge >= 0.3 is 0 Å². The lowest BCUT2D eigenvalue weighted by Gasteiger charge is -2.15. The molecule has 2 aromatic heterocycles. The van der Waals surface area contributed by atoms with Crippen molar-refractivity contribution in [1.82, 2.24) is 21.0 Å². The number of amides is 2. The summed E-state index contributed by atoms with van der Waals surface area (Å²) in [5.74, 6) is -0.340. The van der Waals surface area contributed by atoms with E-state index in [4.69, 9.17) is 9.26 Å². The van der Waals surface area contributed by atoms with Gasteiger partial charge in [-0.05, 0) is 37.1 Å². The van der Waals surface area contributed by atoms with E-state index in [9.17, 15) is 9.59 Å². The summed E-state index contributed by atoms with van der Waals surface area (Å²) in [5.41, 5.74) is 6.07. The highest BCUT2D eigenvalue weighted by Crippen LogP contribution is 2.24. The van der Waals surface area contributed by atoms with Crippen molar-refractivity contribution < 1.29 is 18.8 Å². The van der Waals surface area contributed by atoms with E-state index in [2.05, 4.69) is 36.9 Å². The van der Waals surface area contributed by atoms with Crippen molar-refractivity contribution in [3.05, 3.63) is 52.3 Å². The fourth-order valence-corrected chi connectivity index (χ4v) is 2.86. The molecule has 1 aromatic carbocycles. The summed E-state index contributed by atoms with van der Waals surface area (Å²) >= 11 is 3.34. The first-order valence-corrected chi connectivity index (χ1v) is 9.42. The Hall–Kier alpha value is -2.94. The molecule has 28 heavy (non-hydrogen) atoms. The summed E-state index contributed by atoms with van der Waals surface area (Å²) < 4.78 is 11.6. The first-order chi connectivity index (χ1) is 13.3. The summed E-state index contributed by atoms with van der Waals surface area (Å²) in [6.07, 6.45) is 0.557. The summed E-state index contributed by atoms with van der Waals surface area (Å²) in [4.78, 5) is 28.6. The molecule has 0 unspecified atom stereocenters. The summed E-state index contributed by atoms with van der Waals surface area (Å²) in [6, 6.07) is 8.76. The van der Waals surface area contributed by atoms with Gasteiger partial charge in [-0.3, -0.25) is 20.4 Å². The predicted octanol–water partition coefficient (Wildman–Crippen LogP) is 3.34. The van der Waals surface area contributed by atoms with Gasteiger partial charge in [-0.15, -0.1) is 0 Å². The summed E-state index contributed by atoms with van der Waals surface area (Å²) in [5, 5.41) is 4.65. The molecule has 0 bridgehead atoms. The molecule has 9 heteroatoms. The van der Waals surface area contributed by atoms with E-state index >= 15 is 0 Å². The number of carbonyl (C=O) groups excluding carboxylic acids is 2. The molecular weight excluding hydrogens is 428 g/mol. The van der Waals surface area contributed by atoms with Gasteiger partial charge in [0.25, 0.3) is 17.5 Å². The highest BCUT2D eigenvalue weighted by atomic mass is 79.9. The van der Waals surface area contributed by atoms with Crippen LogP contribution in [0.25, 0.3) is 11.1 Å². The SMILES string of the molecule is CC(C)c1noc2ncc(C(=O)NNC(=O)[C@@H](C)Oc3cccc(Br)c3)cc12. The topological polar surface area (TPSA) is 106 Å². The lowest BCUT2D eigenvalue weighted by atomic mass is 10.1. The number of benzene rings is 1. The normalized spacial score (nSPS) is 12.0. The molecule has 8 nitrogen and oxygen atoms in total. The van der Waals surface area contributed by atoms with Gasteiger partial charge < -0.3 is 9.26 Å². The second-order valence-electron chi connectivity index (χ2n) is 6.46. The number of halogens is 1. The molecular formula is C19H19BrN4O4. The van der Waals surface area contributed by atoms with E-state index in [1.807, 2.05) is 19.9 Å². The number of nitrogens with one attached hydrogen (secondary N) is 2. The third kappa shape index (κ3) is 4.48. The Balaban J connectivity index is 1.62. The Kier molecular flexibility index (Phi) is 5.93. The number of hydrogen-bond donors (Lipinski definition) is 2. The van der Waals surface area contributed by atoms with Crippen molar-refractivity contribution in [2.45, 2.75) is 32.8 Å². The molecule has 0 aliphatic rings. The Morgan fingerprint density at radius 1 is 1.18 bits per heavy atom. The summed E-state index contributed by atoms with van der Waals surface area (Å²) in [7, 11) is 0. The highest BCUT2D eigenvalue weighted by Gasteiger charge is 2.18. The molecule has 1 atom stereocenters. The van der Waals surface area contributed by atoms with E-state index in [0.29, 0.717) is 16.8 Å². The average Bonchev–Trinajstić information content (AvgIpc) is 3.09. The third-order valence-corrected chi connectivity index (χ3v) is 4.44. The standard InChI is InChI=1S/C19H19BrN4O4/c1-10(2)16-15-7-12(9-21-19(15)28-24-16)18(26)23-22-17(25)11(3)27-14-6-4-5-13(20)8-14/h4-11H,1-3H3,(H,22,25)(H,23,26)/t11-/m1/s1. The predicted molar refractivity (Wildman–Crippen MR) is 106 cm³/mol. The maximum absolute atomic E-state index is 12.4. The zero-order chi connectivity index (χ0) is 20.3. The number of pyridine rings is 1. The zero-order valence-corrected chi connectivity index (χ0v) is 17.1. The molecule has 0 aliphatic carbocycles. The first kappa shape index (κ1) is 19.8. The second kappa shape index (κ2) is 8.39. The zero-order valence-electron chi connectivity index (χ0n) is 15.5. The van der Waals surface area contributed by atoms with Crippen molar-refractivity contribution in [1.29, 1.82) is 0 Å². The minimum Gasteiger partial charge on any atom is -0.481 e. The van der Waals surface area contributed by atoms with Crippen LogP contribution < -0.4 is 15.6 Å². The van der Waals surface area contributed by atoms with Crippen LogP contribution in [0, 0.1) is 0 Å². The smallest absolute Gasteiger partial charge is 0.279 e. The Bertz CT molecular complexity index is 1020. The Morgan fingerprint density at radius 3 is 2.68 bits per heavy atom. The Morgan fingerprint density at radius 2 is 1.96 bits per heavy atom. The minimum atomic E-state index is -0.805. The third-order valence-electron chi connectivity index (χ3n) is 3.94. The Labute approximate surface area is 169 Å². The molecule has 0 radical (unpaired) electrons. The fourth-order valence-electron chi connectivity index (χ4n) is 2.48. The molecule has 2 heterocycles. The van der Waals surface area contributed by atoms with Crippen LogP contribution in [0.1, 0.15) is 42.7 Å². The van der Waals surface area contributed by atoms with E-state index < -0.39 is 17.9 Å². The maximum atomic E-state index is 12.4. The number of aromatic nitrogens is 2. The second-order valence-corrected chi connectivity index (χ2v) is 7.38. The maximum Gasteiger partial charge on any atom is 0.279 e. The van der Waals surface area contributed by atoms with E-state index in [1.54, 1.807) is 31.2 Å². The quantitative estimate of drug-likeness (QED) is 0.582. The molecule has 0 spiro atoms. The van der Waals surface area contributed by atoms with Crippen molar-refractivity contribution >= 4 is 38.8 Å². The van der Waals surface area contributed by atoms with Crippen LogP contribution in [0.5, 0.6) is 5.75 Å². The van der Waals surface area contributed by atoms with Crippen LogP contribution in [0.4, 0.5) is 0 Å². The van der Waals surface area contributed by atoms with Crippen LogP contribution in [0.2, 0.25) is 0 Å². The molecule has 0 saturated heterocycles. The number of hydrazine groups is 1. The number of rotatable bonds is 5.